The molecule has 0 aromatic heterocycles. The zero-order chi connectivity index (χ0) is 15.2. The van der Waals surface area contributed by atoms with Gasteiger partial charge < -0.3 is 10.5 Å². The van der Waals surface area contributed by atoms with Gasteiger partial charge in [0.25, 0.3) is 0 Å². The van der Waals surface area contributed by atoms with Gasteiger partial charge in [0.05, 0.1) is 6.61 Å². The first kappa shape index (κ1) is 15.6. The largest absolute Gasteiger partial charge is 0.494 e. The number of nitrogens with two attached hydrogens (primary N) is 1. The first-order valence-corrected chi connectivity index (χ1v) is 7.57. The van der Waals surface area contributed by atoms with Crippen LogP contribution in [0, 0.1) is 20.8 Å². The highest BCUT2D eigenvalue weighted by Gasteiger charge is 2.12. The highest BCUT2D eigenvalue weighted by molar-refractivity contribution is 5.33. The molecule has 0 amide bonds. The van der Waals surface area contributed by atoms with Gasteiger partial charge in [0.2, 0.25) is 0 Å². The molecule has 1 unspecified atom stereocenters. The Hall–Kier alpha value is -1.80. The SMILES string of the molecule is Cc1ccc(OCCC(CN)c2cc(C)ccc2C)cc1. The van der Waals surface area contributed by atoms with Crippen LogP contribution in [0.15, 0.2) is 42.5 Å². The Morgan fingerprint density at radius 2 is 1.62 bits per heavy atom. The van der Waals surface area contributed by atoms with Gasteiger partial charge in [-0.15, -0.1) is 0 Å². The van der Waals surface area contributed by atoms with Crippen LogP contribution in [0.5, 0.6) is 5.75 Å². The van der Waals surface area contributed by atoms with E-state index in [9.17, 15) is 0 Å². The highest BCUT2D eigenvalue weighted by Crippen LogP contribution is 2.24. The summed E-state index contributed by atoms with van der Waals surface area (Å²) in [6.07, 6.45) is 0.939. The quantitative estimate of drug-likeness (QED) is 0.865. The van der Waals surface area contributed by atoms with Crippen molar-refractivity contribution < 1.29 is 4.74 Å². The summed E-state index contributed by atoms with van der Waals surface area (Å²) in [6, 6.07) is 14.7. The molecule has 0 bridgehead atoms. The zero-order valence-electron chi connectivity index (χ0n) is 13.2. The third-order valence-corrected chi connectivity index (χ3v) is 3.92. The van der Waals surface area contributed by atoms with E-state index in [4.69, 9.17) is 10.5 Å². The minimum absolute atomic E-state index is 0.357. The summed E-state index contributed by atoms with van der Waals surface area (Å²) < 4.78 is 5.83. The van der Waals surface area contributed by atoms with Crippen molar-refractivity contribution in [2.75, 3.05) is 13.2 Å². The number of rotatable bonds is 6. The molecule has 2 rings (SSSR count). The molecule has 0 aliphatic heterocycles. The second-order valence-corrected chi connectivity index (χ2v) is 5.74. The maximum absolute atomic E-state index is 5.97. The predicted octanol–water partition coefficient (Wildman–Crippen LogP) is 4.12. The van der Waals surface area contributed by atoms with Crippen LogP contribution in [0.1, 0.15) is 34.6 Å². The minimum Gasteiger partial charge on any atom is -0.494 e. The highest BCUT2D eigenvalue weighted by atomic mass is 16.5. The summed E-state index contributed by atoms with van der Waals surface area (Å²) in [7, 11) is 0. The summed E-state index contributed by atoms with van der Waals surface area (Å²) in [5, 5.41) is 0. The second kappa shape index (κ2) is 7.28. The molecular formula is C19H25NO. The average molecular weight is 283 g/mol. The maximum atomic E-state index is 5.97. The molecule has 112 valence electrons. The van der Waals surface area contributed by atoms with Gasteiger partial charge in [0.15, 0.2) is 0 Å². The maximum Gasteiger partial charge on any atom is 0.119 e. The number of aryl methyl sites for hydroxylation is 3. The summed E-state index contributed by atoms with van der Waals surface area (Å²) in [5.41, 5.74) is 11.2. The van der Waals surface area contributed by atoms with Gasteiger partial charge in [-0.1, -0.05) is 41.5 Å². The van der Waals surface area contributed by atoms with Crippen molar-refractivity contribution in [3.8, 4) is 5.75 Å². The van der Waals surface area contributed by atoms with Crippen molar-refractivity contribution in [2.24, 2.45) is 5.73 Å². The van der Waals surface area contributed by atoms with Gasteiger partial charge in [-0.25, -0.2) is 0 Å². The van der Waals surface area contributed by atoms with E-state index < -0.39 is 0 Å². The first-order chi connectivity index (χ1) is 10.1. The lowest BCUT2D eigenvalue weighted by Crippen LogP contribution is -2.16. The van der Waals surface area contributed by atoms with Crippen molar-refractivity contribution in [3.63, 3.8) is 0 Å². The smallest absolute Gasteiger partial charge is 0.119 e. The van der Waals surface area contributed by atoms with Crippen LogP contribution in [0.2, 0.25) is 0 Å². The van der Waals surface area contributed by atoms with Crippen LogP contribution in [-0.4, -0.2) is 13.2 Å². The van der Waals surface area contributed by atoms with Gasteiger partial charge in [0.1, 0.15) is 5.75 Å². The Labute approximate surface area is 127 Å². The summed E-state index contributed by atoms with van der Waals surface area (Å²) in [5.74, 6) is 1.28. The standard InChI is InChI=1S/C19H25NO/c1-14-5-8-18(9-6-14)21-11-10-17(13-20)19-12-15(2)4-7-16(19)3/h4-9,12,17H,10-11,13,20H2,1-3H3. The number of hydrogen-bond acceptors (Lipinski definition) is 2. The molecule has 0 aliphatic carbocycles. The molecule has 0 fully saturated rings. The molecule has 2 aromatic rings. The number of ether oxygens (including phenoxy) is 1. The fraction of sp³-hybridized carbons (Fsp3) is 0.368. The Kier molecular flexibility index (Phi) is 5.40. The third-order valence-electron chi connectivity index (χ3n) is 3.92. The molecule has 0 radical (unpaired) electrons. The molecule has 2 heteroatoms. The van der Waals surface area contributed by atoms with E-state index >= 15 is 0 Å². The van der Waals surface area contributed by atoms with Crippen LogP contribution in [0.25, 0.3) is 0 Å². The van der Waals surface area contributed by atoms with Crippen LogP contribution in [-0.2, 0) is 0 Å². The number of benzene rings is 2. The van der Waals surface area contributed by atoms with Crippen molar-refractivity contribution in [2.45, 2.75) is 33.1 Å². The topological polar surface area (TPSA) is 35.2 Å². The van der Waals surface area contributed by atoms with Gasteiger partial charge >= 0.3 is 0 Å². The second-order valence-electron chi connectivity index (χ2n) is 5.74. The first-order valence-electron chi connectivity index (χ1n) is 7.57. The molecule has 0 saturated heterocycles. The fourth-order valence-electron chi connectivity index (χ4n) is 2.55. The lowest BCUT2D eigenvalue weighted by Gasteiger charge is -2.18. The lowest BCUT2D eigenvalue weighted by atomic mass is 9.91. The minimum atomic E-state index is 0.357. The van der Waals surface area contributed by atoms with Gasteiger partial charge in [-0.2, -0.15) is 0 Å². The molecular weight excluding hydrogens is 258 g/mol. The fourth-order valence-corrected chi connectivity index (χ4v) is 2.55. The average Bonchev–Trinajstić information content (AvgIpc) is 2.48. The molecule has 2 aromatic carbocycles. The Balaban J connectivity index is 1.96. The van der Waals surface area contributed by atoms with E-state index in [-0.39, 0.29) is 0 Å². The van der Waals surface area contributed by atoms with Crippen molar-refractivity contribution in [3.05, 3.63) is 64.7 Å². The van der Waals surface area contributed by atoms with E-state index in [0.717, 1.165) is 12.2 Å². The van der Waals surface area contributed by atoms with Gasteiger partial charge in [0, 0.05) is 0 Å². The monoisotopic (exact) mass is 283 g/mol. The van der Waals surface area contributed by atoms with Gasteiger partial charge in [-0.05, 0) is 62.9 Å². The summed E-state index contributed by atoms with van der Waals surface area (Å²) in [4.78, 5) is 0. The van der Waals surface area contributed by atoms with Crippen LogP contribution in [0.4, 0.5) is 0 Å². The van der Waals surface area contributed by atoms with E-state index in [1.807, 2.05) is 12.1 Å². The van der Waals surface area contributed by atoms with E-state index in [2.05, 4.69) is 51.1 Å². The third kappa shape index (κ3) is 4.33. The van der Waals surface area contributed by atoms with Gasteiger partial charge in [-0.3, -0.25) is 0 Å². The van der Waals surface area contributed by atoms with E-state index in [1.54, 1.807) is 0 Å². The molecule has 0 spiro atoms. The van der Waals surface area contributed by atoms with E-state index in [1.165, 1.54) is 22.3 Å². The molecule has 0 aliphatic rings. The summed E-state index contributed by atoms with van der Waals surface area (Å²) >= 11 is 0. The molecule has 21 heavy (non-hydrogen) atoms. The Morgan fingerprint density at radius 3 is 2.29 bits per heavy atom. The van der Waals surface area contributed by atoms with Crippen LogP contribution < -0.4 is 10.5 Å². The number of hydrogen-bond donors (Lipinski definition) is 1. The molecule has 1 atom stereocenters. The molecule has 2 nitrogen and oxygen atoms in total. The zero-order valence-corrected chi connectivity index (χ0v) is 13.2. The summed E-state index contributed by atoms with van der Waals surface area (Å²) in [6.45, 7) is 7.70. The van der Waals surface area contributed by atoms with Crippen molar-refractivity contribution in [1.82, 2.24) is 0 Å². The molecule has 2 N–H and O–H groups in total. The van der Waals surface area contributed by atoms with Crippen molar-refractivity contribution >= 4 is 0 Å². The predicted molar refractivity (Wildman–Crippen MR) is 89.0 cm³/mol. The van der Waals surface area contributed by atoms with Crippen molar-refractivity contribution in [1.29, 1.82) is 0 Å². The lowest BCUT2D eigenvalue weighted by molar-refractivity contribution is 0.298. The Bertz CT molecular complexity index is 575. The van der Waals surface area contributed by atoms with E-state index in [0.29, 0.717) is 19.1 Å². The molecule has 0 saturated carbocycles. The van der Waals surface area contributed by atoms with Crippen LogP contribution >= 0.6 is 0 Å². The Morgan fingerprint density at radius 1 is 0.952 bits per heavy atom. The normalized spacial score (nSPS) is 12.2. The van der Waals surface area contributed by atoms with Crippen LogP contribution in [0.3, 0.4) is 0 Å². The molecule has 0 heterocycles.